The fourth-order valence-corrected chi connectivity index (χ4v) is 3.35. The normalized spacial score (nSPS) is 11.6. The molecule has 2 aromatic heterocycles. The molecule has 4 rings (SSSR count). The number of aryl methyl sites for hydroxylation is 1. The zero-order valence-electron chi connectivity index (χ0n) is 16.4. The maximum absolute atomic E-state index is 12.9. The average Bonchev–Trinajstić information content (AvgIpc) is 3.04. The Bertz CT molecular complexity index is 1170. The summed E-state index contributed by atoms with van der Waals surface area (Å²) in [6, 6.07) is 14.1. The van der Waals surface area contributed by atoms with Crippen molar-refractivity contribution < 1.29 is 4.74 Å². The number of ether oxygens (including phenoxy) is 1. The molecule has 2 aromatic carbocycles. The summed E-state index contributed by atoms with van der Waals surface area (Å²) in [7, 11) is 5.84. The summed E-state index contributed by atoms with van der Waals surface area (Å²) in [5.74, 6) is 0.874. The molecule has 0 atom stereocenters. The quantitative estimate of drug-likeness (QED) is 0.562. The molecule has 2 heterocycles. The number of likely N-dealkylation sites (N-methyl/N-ethyl adjacent to an activating group) is 1. The van der Waals surface area contributed by atoms with Crippen LogP contribution in [-0.4, -0.2) is 46.9 Å². The molecule has 0 aliphatic carbocycles. The van der Waals surface area contributed by atoms with Gasteiger partial charge in [-0.25, -0.2) is 0 Å². The molecule has 0 amide bonds. The van der Waals surface area contributed by atoms with Crippen molar-refractivity contribution in [1.29, 1.82) is 0 Å². The summed E-state index contributed by atoms with van der Waals surface area (Å²) in [5, 5.41) is 4.87. The molecular formula is C22H24N4O2. The van der Waals surface area contributed by atoms with Crippen molar-refractivity contribution in [1.82, 2.24) is 19.7 Å². The maximum Gasteiger partial charge on any atom is 0.215 e. The van der Waals surface area contributed by atoms with Crippen LogP contribution in [0.4, 0.5) is 0 Å². The van der Waals surface area contributed by atoms with Crippen molar-refractivity contribution in [3.63, 3.8) is 0 Å². The molecule has 0 saturated carbocycles. The van der Waals surface area contributed by atoms with Crippen LogP contribution in [0.5, 0.6) is 5.75 Å². The number of nitrogens with zero attached hydrogens (tertiary/aromatic N) is 3. The van der Waals surface area contributed by atoms with Crippen LogP contribution < -0.4 is 10.2 Å². The van der Waals surface area contributed by atoms with E-state index in [0.29, 0.717) is 17.5 Å². The molecule has 1 N–H and O–H groups in total. The maximum atomic E-state index is 12.9. The minimum Gasteiger partial charge on any atom is -0.492 e. The van der Waals surface area contributed by atoms with E-state index in [2.05, 4.69) is 33.2 Å². The zero-order valence-corrected chi connectivity index (χ0v) is 16.4. The van der Waals surface area contributed by atoms with Crippen LogP contribution in [0.15, 0.2) is 53.5 Å². The number of fused-ring (bicyclic) bond motifs is 2. The van der Waals surface area contributed by atoms with E-state index in [9.17, 15) is 4.79 Å². The smallest absolute Gasteiger partial charge is 0.215 e. The number of hydrogen-bond donors (Lipinski definition) is 1. The van der Waals surface area contributed by atoms with Gasteiger partial charge in [-0.2, -0.15) is 5.10 Å². The Hall–Kier alpha value is -3.12. The topological polar surface area (TPSA) is 63.1 Å². The van der Waals surface area contributed by atoms with Gasteiger partial charge in [0.15, 0.2) is 0 Å². The van der Waals surface area contributed by atoms with Crippen LogP contribution >= 0.6 is 0 Å². The van der Waals surface area contributed by atoms with Gasteiger partial charge in [0, 0.05) is 24.5 Å². The standard InChI is InChI=1S/C22H24N4O2/c1-25(2)10-11-28-17-7-4-15(5-8-17)12-16-6-9-19-18(13-16)22(27)21-20(24-19)14-23-26(21)3/h4-9,13-14H,10-12H2,1-3H3,(H,24,27). The van der Waals surface area contributed by atoms with Gasteiger partial charge >= 0.3 is 0 Å². The van der Waals surface area contributed by atoms with Crippen LogP contribution in [-0.2, 0) is 13.5 Å². The van der Waals surface area contributed by atoms with E-state index in [-0.39, 0.29) is 5.43 Å². The first-order chi connectivity index (χ1) is 13.5. The van der Waals surface area contributed by atoms with E-state index in [0.717, 1.165) is 35.3 Å². The Morgan fingerprint density at radius 3 is 2.57 bits per heavy atom. The molecule has 0 aliphatic rings. The highest BCUT2D eigenvalue weighted by atomic mass is 16.5. The predicted octanol–water partition coefficient (Wildman–Crippen LogP) is 2.95. The third-order valence-corrected chi connectivity index (χ3v) is 4.89. The van der Waals surface area contributed by atoms with Gasteiger partial charge in [-0.05, 0) is 55.9 Å². The molecular weight excluding hydrogens is 352 g/mol. The van der Waals surface area contributed by atoms with E-state index in [4.69, 9.17) is 4.74 Å². The van der Waals surface area contributed by atoms with Gasteiger partial charge in [0.2, 0.25) is 5.43 Å². The molecule has 144 valence electrons. The first-order valence-electron chi connectivity index (χ1n) is 9.34. The average molecular weight is 376 g/mol. The summed E-state index contributed by atoms with van der Waals surface area (Å²) in [6.45, 7) is 1.56. The second-order valence-electron chi connectivity index (χ2n) is 7.34. The van der Waals surface area contributed by atoms with Crippen molar-refractivity contribution in [2.45, 2.75) is 6.42 Å². The zero-order chi connectivity index (χ0) is 19.7. The van der Waals surface area contributed by atoms with Crippen LogP contribution in [0.1, 0.15) is 11.1 Å². The highest BCUT2D eigenvalue weighted by molar-refractivity contribution is 5.90. The summed E-state index contributed by atoms with van der Waals surface area (Å²) in [4.78, 5) is 18.3. The van der Waals surface area contributed by atoms with Gasteiger partial charge in [0.25, 0.3) is 0 Å². The number of rotatable bonds is 6. The van der Waals surface area contributed by atoms with Crippen molar-refractivity contribution in [3.05, 3.63) is 70.0 Å². The van der Waals surface area contributed by atoms with E-state index >= 15 is 0 Å². The summed E-state index contributed by atoms with van der Waals surface area (Å²) < 4.78 is 7.36. The lowest BCUT2D eigenvalue weighted by Crippen LogP contribution is -2.19. The van der Waals surface area contributed by atoms with Crippen LogP contribution in [0, 0.1) is 0 Å². The Labute approximate surface area is 163 Å². The lowest BCUT2D eigenvalue weighted by molar-refractivity contribution is 0.261. The first-order valence-corrected chi connectivity index (χ1v) is 9.34. The summed E-state index contributed by atoms with van der Waals surface area (Å²) in [5.41, 5.74) is 4.48. The number of aromatic nitrogens is 3. The molecule has 28 heavy (non-hydrogen) atoms. The third-order valence-electron chi connectivity index (χ3n) is 4.89. The first kappa shape index (κ1) is 18.3. The van der Waals surface area contributed by atoms with E-state index in [1.807, 2.05) is 38.4 Å². The predicted molar refractivity (Wildman–Crippen MR) is 112 cm³/mol. The molecule has 0 fully saturated rings. The van der Waals surface area contributed by atoms with E-state index in [1.54, 1.807) is 17.9 Å². The Kier molecular flexibility index (Phi) is 4.88. The fourth-order valence-electron chi connectivity index (χ4n) is 3.35. The molecule has 4 aromatic rings. The summed E-state index contributed by atoms with van der Waals surface area (Å²) in [6.07, 6.45) is 2.45. The molecule has 0 unspecified atom stereocenters. The van der Waals surface area contributed by atoms with Gasteiger partial charge in [-0.15, -0.1) is 0 Å². The molecule has 0 saturated heterocycles. The van der Waals surface area contributed by atoms with Crippen molar-refractivity contribution >= 4 is 21.9 Å². The third kappa shape index (κ3) is 3.64. The minimum absolute atomic E-state index is 0.00948. The number of hydrogen-bond acceptors (Lipinski definition) is 4. The second kappa shape index (κ2) is 7.48. The lowest BCUT2D eigenvalue weighted by atomic mass is 10.0. The fraction of sp³-hybridized carbons (Fsp3) is 0.273. The van der Waals surface area contributed by atoms with Crippen molar-refractivity contribution in [2.24, 2.45) is 7.05 Å². The number of benzene rings is 2. The van der Waals surface area contributed by atoms with Crippen LogP contribution in [0.2, 0.25) is 0 Å². The van der Waals surface area contributed by atoms with Gasteiger partial charge in [-0.1, -0.05) is 18.2 Å². The molecule has 0 aliphatic heterocycles. The minimum atomic E-state index is 0.00948. The van der Waals surface area contributed by atoms with Gasteiger partial charge in [-0.3, -0.25) is 9.48 Å². The molecule has 6 nitrogen and oxygen atoms in total. The van der Waals surface area contributed by atoms with Gasteiger partial charge in [0.1, 0.15) is 17.9 Å². The van der Waals surface area contributed by atoms with Gasteiger partial charge in [0.05, 0.1) is 11.7 Å². The highest BCUT2D eigenvalue weighted by Gasteiger charge is 2.10. The second-order valence-corrected chi connectivity index (χ2v) is 7.34. The molecule has 6 heteroatoms. The SMILES string of the molecule is CN(C)CCOc1ccc(Cc2ccc3[nH]c4cnn(C)c4c(=O)c3c2)cc1. The number of pyridine rings is 1. The summed E-state index contributed by atoms with van der Waals surface area (Å²) >= 11 is 0. The van der Waals surface area contributed by atoms with Gasteiger partial charge < -0.3 is 14.6 Å². The van der Waals surface area contributed by atoms with Crippen LogP contribution in [0.3, 0.4) is 0 Å². The monoisotopic (exact) mass is 376 g/mol. The number of nitrogens with one attached hydrogen (secondary N) is 1. The Morgan fingerprint density at radius 2 is 1.82 bits per heavy atom. The van der Waals surface area contributed by atoms with Crippen molar-refractivity contribution in [2.75, 3.05) is 27.2 Å². The Balaban J connectivity index is 1.56. The van der Waals surface area contributed by atoms with E-state index in [1.165, 1.54) is 5.56 Å². The molecule has 0 radical (unpaired) electrons. The number of aromatic amines is 1. The number of H-pyrrole nitrogens is 1. The largest absolute Gasteiger partial charge is 0.492 e. The van der Waals surface area contributed by atoms with E-state index < -0.39 is 0 Å². The van der Waals surface area contributed by atoms with Crippen LogP contribution in [0.25, 0.3) is 21.9 Å². The Morgan fingerprint density at radius 1 is 1.07 bits per heavy atom. The molecule has 0 bridgehead atoms. The molecule has 0 spiro atoms. The highest BCUT2D eigenvalue weighted by Crippen LogP contribution is 2.19. The van der Waals surface area contributed by atoms with Crippen molar-refractivity contribution in [3.8, 4) is 5.75 Å². The lowest BCUT2D eigenvalue weighted by Gasteiger charge is -2.11.